The zero-order valence-electron chi connectivity index (χ0n) is 20.6. The molecule has 0 spiro atoms. The van der Waals surface area contributed by atoms with Crippen molar-refractivity contribution in [1.29, 1.82) is 0 Å². The van der Waals surface area contributed by atoms with E-state index in [0.29, 0.717) is 11.7 Å². The van der Waals surface area contributed by atoms with Crippen LogP contribution >= 0.6 is 7.26 Å². The van der Waals surface area contributed by atoms with Crippen LogP contribution < -0.4 is 21.2 Å². The van der Waals surface area contributed by atoms with E-state index in [4.69, 9.17) is 4.74 Å². The van der Waals surface area contributed by atoms with Gasteiger partial charge in [0.25, 0.3) is 5.91 Å². The molecule has 0 saturated heterocycles. The first-order valence-electron chi connectivity index (χ1n) is 12.1. The molecule has 0 aliphatic heterocycles. The van der Waals surface area contributed by atoms with Crippen molar-refractivity contribution in [2.45, 2.75) is 26.0 Å². The molecule has 4 nitrogen and oxygen atoms in total. The molecular weight excluding hydrogens is 465 g/mol. The molecule has 0 saturated carbocycles. The number of hydrogen-bond acceptors (Lipinski definition) is 3. The van der Waals surface area contributed by atoms with Crippen molar-refractivity contribution in [3.05, 3.63) is 127 Å². The summed E-state index contributed by atoms with van der Waals surface area (Å²) in [5.74, 6) is -0.727. The molecule has 1 N–H and O–H groups in total. The first-order valence-corrected chi connectivity index (χ1v) is 14.1. The SMILES string of the molecule is CC(C)OC(=O)[C@@H](C[P+](c1ccccc1)(c1ccccc1)c1ccccc1)NC(=O)c1ccccc1. The number of amides is 1. The van der Waals surface area contributed by atoms with Crippen LogP contribution in [-0.4, -0.2) is 30.2 Å². The zero-order chi connectivity index (χ0) is 25.4. The molecule has 5 heteroatoms. The van der Waals surface area contributed by atoms with E-state index in [1.54, 1.807) is 12.1 Å². The van der Waals surface area contributed by atoms with Crippen LogP contribution in [0.1, 0.15) is 24.2 Å². The molecule has 4 rings (SSSR count). The van der Waals surface area contributed by atoms with Gasteiger partial charge < -0.3 is 10.1 Å². The minimum Gasteiger partial charge on any atom is -0.461 e. The summed E-state index contributed by atoms with van der Waals surface area (Å²) in [4.78, 5) is 26.7. The molecule has 1 atom stereocenters. The van der Waals surface area contributed by atoms with Gasteiger partial charge >= 0.3 is 5.97 Å². The summed E-state index contributed by atoms with van der Waals surface area (Å²) in [5, 5.41) is 6.43. The smallest absolute Gasteiger partial charge is 0.332 e. The highest BCUT2D eigenvalue weighted by Crippen LogP contribution is 2.55. The van der Waals surface area contributed by atoms with Crippen LogP contribution in [0.15, 0.2) is 121 Å². The summed E-state index contributed by atoms with van der Waals surface area (Å²) < 4.78 is 5.67. The minimum atomic E-state index is -2.37. The predicted octanol–water partition coefficient (Wildman–Crippen LogP) is 4.73. The molecular formula is C31H31NO3P+. The maximum atomic E-state index is 13.5. The molecule has 0 aliphatic rings. The maximum absolute atomic E-state index is 13.5. The Morgan fingerprint density at radius 3 is 1.44 bits per heavy atom. The van der Waals surface area contributed by atoms with Gasteiger partial charge in [-0.1, -0.05) is 72.8 Å². The van der Waals surface area contributed by atoms with E-state index in [1.165, 1.54) is 0 Å². The summed E-state index contributed by atoms with van der Waals surface area (Å²) in [5.41, 5.74) is 0.503. The van der Waals surface area contributed by atoms with Crippen LogP contribution in [0.2, 0.25) is 0 Å². The Kier molecular flexibility index (Phi) is 8.30. The fourth-order valence-corrected chi connectivity index (χ4v) is 8.77. The molecule has 0 radical (unpaired) electrons. The van der Waals surface area contributed by atoms with Crippen molar-refractivity contribution in [2.75, 3.05) is 6.16 Å². The average Bonchev–Trinajstić information content (AvgIpc) is 2.92. The van der Waals surface area contributed by atoms with E-state index in [9.17, 15) is 9.59 Å². The molecule has 36 heavy (non-hydrogen) atoms. The lowest BCUT2D eigenvalue weighted by Gasteiger charge is -2.31. The van der Waals surface area contributed by atoms with Gasteiger partial charge in [0.2, 0.25) is 0 Å². The van der Waals surface area contributed by atoms with E-state index in [-0.39, 0.29) is 12.0 Å². The quantitative estimate of drug-likeness (QED) is 0.269. The van der Waals surface area contributed by atoms with Gasteiger partial charge in [-0.25, -0.2) is 4.79 Å². The molecule has 1 amide bonds. The summed E-state index contributed by atoms with van der Waals surface area (Å²) in [7, 11) is -2.37. The Morgan fingerprint density at radius 1 is 0.667 bits per heavy atom. The molecule has 0 unspecified atom stereocenters. The van der Waals surface area contributed by atoms with E-state index in [0.717, 1.165) is 15.9 Å². The fourth-order valence-electron chi connectivity index (χ4n) is 4.41. The topological polar surface area (TPSA) is 55.4 Å². The summed E-state index contributed by atoms with van der Waals surface area (Å²) in [6, 6.07) is 39.0. The Labute approximate surface area is 213 Å². The third-order valence-electron chi connectivity index (χ3n) is 6.03. The molecule has 0 aromatic heterocycles. The highest BCUT2D eigenvalue weighted by molar-refractivity contribution is 7.95. The predicted molar refractivity (Wildman–Crippen MR) is 149 cm³/mol. The maximum Gasteiger partial charge on any atom is 0.332 e. The Bertz CT molecular complexity index is 1170. The lowest BCUT2D eigenvalue weighted by Crippen LogP contribution is -2.49. The van der Waals surface area contributed by atoms with Gasteiger partial charge in [0.1, 0.15) is 29.3 Å². The molecule has 4 aromatic rings. The van der Waals surface area contributed by atoms with Crippen LogP contribution in [0, 0.1) is 0 Å². The Hall–Kier alpha value is -3.75. The van der Waals surface area contributed by atoms with Crippen LogP contribution in [0.25, 0.3) is 0 Å². The number of carbonyl (C=O) groups excluding carboxylic acids is 2. The Morgan fingerprint density at radius 2 is 1.06 bits per heavy atom. The minimum absolute atomic E-state index is 0.298. The van der Waals surface area contributed by atoms with Gasteiger partial charge in [0, 0.05) is 5.56 Å². The van der Waals surface area contributed by atoms with Gasteiger partial charge in [-0.3, -0.25) is 4.79 Å². The second-order valence-electron chi connectivity index (χ2n) is 8.88. The monoisotopic (exact) mass is 496 g/mol. The van der Waals surface area contributed by atoms with Crippen molar-refractivity contribution < 1.29 is 14.3 Å². The number of nitrogens with one attached hydrogen (secondary N) is 1. The van der Waals surface area contributed by atoms with E-state index >= 15 is 0 Å². The number of esters is 1. The number of hydrogen-bond donors (Lipinski definition) is 1. The highest BCUT2D eigenvalue weighted by atomic mass is 31.2. The van der Waals surface area contributed by atoms with Crippen molar-refractivity contribution in [1.82, 2.24) is 5.32 Å². The third-order valence-corrected chi connectivity index (χ3v) is 10.5. The molecule has 4 aromatic carbocycles. The van der Waals surface area contributed by atoms with Crippen molar-refractivity contribution >= 4 is 35.1 Å². The lowest BCUT2D eigenvalue weighted by molar-refractivity contribution is -0.149. The Balaban J connectivity index is 1.87. The standard InChI is InChI=1S/C31H30NO3P/c1-24(2)35-31(34)29(32-30(33)25-15-7-3-8-16-25)23-36(26-17-9-4-10-18-26,27-19-11-5-12-20-27)28-21-13-6-14-22-28/h3-22,24,29H,23H2,1-2H3/p+1/t29-/m1/s1. The van der Waals surface area contributed by atoms with Gasteiger partial charge in [-0.2, -0.15) is 0 Å². The number of carbonyl (C=O) groups is 2. The van der Waals surface area contributed by atoms with Crippen molar-refractivity contribution in [3.8, 4) is 0 Å². The molecule has 0 fully saturated rings. The molecule has 0 heterocycles. The van der Waals surface area contributed by atoms with Crippen LogP contribution in [0.4, 0.5) is 0 Å². The van der Waals surface area contributed by atoms with Crippen molar-refractivity contribution in [3.63, 3.8) is 0 Å². The second-order valence-corrected chi connectivity index (χ2v) is 12.4. The molecule has 182 valence electrons. The van der Waals surface area contributed by atoms with Gasteiger partial charge in [0.05, 0.1) is 6.10 Å². The van der Waals surface area contributed by atoms with E-state index < -0.39 is 19.3 Å². The molecule has 0 aliphatic carbocycles. The summed E-state index contributed by atoms with van der Waals surface area (Å²) in [6.45, 7) is 3.64. The summed E-state index contributed by atoms with van der Waals surface area (Å²) in [6.07, 6.45) is 0.0985. The van der Waals surface area contributed by atoms with Gasteiger partial charge in [0.15, 0.2) is 6.04 Å². The lowest BCUT2D eigenvalue weighted by atomic mass is 10.2. The largest absolute Gasteiger partial charge is 0.461 e. The van der Waals surface area contributed by atoms with Crippen LogP contribution in [-0.2, 0) is 9.53 Å². The number of rotatable bonds is 9. The van der Waals surface area contributed by atoms with Gasteiger partial charge in [-0.15, -0.1) is 0 Å². The fraction of sp³-hybridized carbons (Fsp3) is 0.161. The van der Waals surface area contributed by atoms with Crippen LogP contribution in [0.5, 0.6) is 0 Å². The second kappa shape index (κ2) is 11.8. The average molecular weight is 497 g/mol. The van der Waals surface area contributed by atoms with Gasteiger partial charge in [-0.05, 0) is 62.4 Å². The first-order chi connectivity index (χ1) is 17.5. The molecule has 0 bridgehead atoms. The third kappa shape index (κ3) is 5.72. The normalized spacial score (nSPS) is 12.1. The number of ether oxygens (including phenoxy) is 1. The van der Waals surface area contributed by atoms with Crippen LogP contribution in [0.3, 0.4) is 0 Å². The zero-order valence-corrected chi connectivity index (χ0v) is 21.5. The van der Waals surface area contributed by atoms with E-state index in [2.05, 4.69) is 41.7 Å². The first kappa shape index (κ1) is 25.3. The van der Waals surface area contributed by atoms with Crippen molar-refractivity contribution in [2.24, 2.45) is 0 Å². The highest BCUT2D eigenvalue weighted by Gasteiger charge is 2.49. The number of benzene rings is 4. The summed E-state index contributed by atoms with van der Waals surface area (Å²) >= 11 is 0. The van der Waals surface area contributed by atoms with E-state index in [1.807, 2.05) is 86.6 Å².